The van der Waals surface area contributed by atoms with E-state index in [4.69, 9.17) is 16.3 Å². The average Bonchev–Trinajstić information content (AvgIpc) is 3.28. The van der Waals surface area contributed by atoms with E-state index in [0.29, 0.717) is 48.0 Å². The van der Waals surface area contributed by atoms with Crippen LogP contribution in [0, 0.1) is 5.82 Å². The topological polar surface area (TPSA) is 112 Å². The first-order valence-electron chi connectivity index (χ1n) is 11.2. The molecule has 1 unspecified atom stereocenters. The first-order chi connectivity index (χ1) is 17.0. The maximum absolute atomic E-state index is 14.4. The number of methoxy groups -OCH3 is 1. The molecule has 1 aliphatic rings. The molecule has 0 bridgehead atoms. The summed E-state index contributed by atoms with van der Waals surface area (Å²) in [4.78, 5) is 26.3. The van der Waals surface area contributed by atoms with Crippen molar-refractivity contribution in [2.24, 2.45) is 0 Å². The maximum atomic E-state index is 14.4. The van der Waals surface area contributed by atoms with Crippen LogP contribution in [0.25, 0.3) is 11.4 Å². The van der Waals surface area contributed by atoms with Crippen molar-refractivity contribution in [3.8, 4) is 17.1 Å². The highest BCUT2D eigenvalue weighted by atomic mass is 35.5. The van der Waals surface area contributed by atoms with E-state index in [2.05, 4.69) is 25.6 Å². The van der Waals surface area contributed by atoms with Gasteiger partial charge in [-0.2, -0.15) is 0 Å². The number of hydrogen-bond acceptors (Lipinski definition) is 8. The van der Waals surface area contributed by atoms with E-state index in [9.17, 15) is 14.3 Å². The third-order valence-corrected chi connectivity index (χ3v) is 5.89. The maximum Gasteiger partial charge on any atom is 0.222 e. The van der Waals surface area contributed by atoms with Crippen molar-refractivity contribution < 1.29 is 19.0 Å². The number of likely N-dealkylation sites (tertiary alicyclic amines) is 1. The quantitative estimate of drug-likeness (QED) is 0.285. The van der Waals surface area contributed by atoms with Gasteiger partial charge in [0, 0.05) is 42.5 Å². The van der Waals surface area contributed by atoms with Crippen LogP contribution in [0.3, 0.4) is 0 Å². The van der Waals surface area contributed by atoms with E-state index in [-0.39, 0.29) is 23.1 Å². The van der Waals surface area contributed by atoms with Crippen LogP contribution in [0.1, 0.15) is 31.1 Å². The normalized spacial score (nSPS) is 14.3. The lowest BCUT2D eigenvalue weighted by atomic mass is 10.2. The Hall–Kier alpha value is -3.34. The Morgan fingerprint density at radius 2 is 2.17 bits per heavy atom. The van der Waals surface area contributed by atoms with Crippen LogP contribution in [0.15, 0.2) is 42.9 Å². The lowest BCUT2D eigenvalue weighted by Crippen LogP contribution is -2.30. The minimum Gasteiger partial charge on any atom is -0.491 e. The summed E-state index contributed by atoms with van der Waals surface area (Å²) in [5.41, 5.74) is 1.17. The summed E-state index contributed by atoms with van der Waals surface area (Å²) in [6, 6.07) is 5.83. The molecular weight excluding hydrogens is 475 g/mol. The minimum atomic E-state index is -1.02. The number of aromatic nitrogens is 3. The Morgan fingerprint density at radius 1 is 1.31 bits per heavy atom. The van der Waals surface area contributed by atoms with Crippen LogP contribution in [-0.2, 0) is 4.79 Å². The fourth-order valence-electron chi connectivity index (χ4n) is 3.83. The van der Waals surface area contributed by atoms with Crippen molar-refractivity contribution in [3.05, 3.63) is 59.3 Å². The number of nitrogens with one attached hydrogen (secondary N) is 2. The molecular formula is C24H26ClFN6O3. The largest absolute Gasteiger partial charge is 0.491 e. The third kappa shape index (κ3) is 6.02. The number of aliphatic hydroxyl groups is 1. The molecule has 2 aromatic heterocycles. The summed E-state index contributed by atoms with van der Waals surface area (Å²) in [6.45, 7) is 1.95. The first-order valence-corrected chi connectivity index (χ1v) is 11.6. The molecule has 1 amide bonds. The summed E-state index contributed by atoms with van der Waals surface area (Å²) in [5, 5.41) is 17.3. The summed E-state index contributed by atoms with van der Waals surface area (Å²) < 4.78 is 19.7. The standard InChI is InChI=1S/C24H26ClFN6O3/c1-35-20-14-29-22(16-12-15(25)5-6-18(16)26)31-23(20)30-19-7-9-27-13-17(19)24(34)28-8-3-11-32-10-2-4-21(32)33/h5-7,9,12-14,24,28,34H,2-4,8,10-11H2,1H3,(H,27,29,30,31). The highest BCUT2D eigenvalue weighted by Gasteiger charge is 2.20. The number of amides is 1. The smallest absolute Gasteiger partial charge is 0.222 e. The van der Waals surface area contributed by atoms with Crippen molar-refractivity contribution in [2.45, 2.75) is 25.5 Å². The molecule has 3 aromatic rings. The molecule has 3 N–H and O–H groups in total. The Kier molecular flexibility index (Phi) is 8.06. The van der Waals surface area contributed by atoms with E-state index < -0.39 is 12.0 Å². The van der Waals surface area contributed by atoms with Crippen molar-refractivity contribution in [1.82, 2.24) is 25.2 Å². The molecule has 0 spiro atoms. The zero-order chi connectivity index (χ0) is 24.8. The zero-order valence-corrected chi connectivity index (χ0v) is 19.9. The Labute approximate surface area is 207 Å². The monoisotopic (exact) mass is 500 g/mol. The van der Waals surface area contributed by atoms with Crippen LogP contribution >= 0.6 is 11.6 Å². The summed E-state index contributed by atoms with van der Waals surface area (Å²) in [5.74, 6) is 0.408. The second-order valence-corrected chi connectivity index (χ2v) is 8.45. The zero-order valence-electron chi connectivity index (χ0n) is 19.2. The van der Waals surface area contributed by atoms with Crippen LogP contribution in [-0.4, -0.2) is 57.6 Å². The average molecular weight is 501 g/mol. The molecule has 0 saturated carbocycles. The molecule has 1 saturated heterocycles. The number of rotatable bonds is 10. The molecule has 1 atom stereocenters. The van der Waals surface area contributed by atoms with Gasteiger partial charge in [0.15, 0.2) is 17.4 Å². The van der Waals surface area contributed by atoms with Crippen LogP contribution in [0.4, 0.5) is 15.9 Å². The Balaban J connectivity index is 1.49. The van der Waals surface area contributed by atoms with Gasteiger partial charge in [0.05, 0.1) is 24.6 Å². The molecule has 4 rings (SSSR count). The Morgan fingerprint density at radius 3 is 2.94 bits per heavy atom. The Bertz CT molecular complexity index is 1200. The number of nitrogens with zero attached hydrogens (tertiary/aromatic N) is 4. The fraction of sp³-hybridized carbons (Fsp3) is 0.333. The number of aliphatic hydroxyl groups excluding tert-OH is 1. The van der Waals surface area contributed by atoms with Gasteiger partial charge >= 0.3 is 0 Å². The van der Waals surface area contributed by atoms with E-state index in [1.807, 2.05) is 4.90 Å². The third-order valence-electron chi connectivity index (χ3n) is 5.66. The van der Waals surface area contributed by atoms with Gasteiger partial charge in [-0.15, -0.1) is 0 Å². The van der Waals surface area contributed by atoms with Crippen LogP contribution < -0.4 is 15.4 Å². The predicted octanol–water partition coefficient (Wildman–Crippen LogP) is 3.68. The summed E-state index contributed by atoms with van der Waals surface area (Å²) >= 11 is 6.02. The predicted molar refractivity (Wildman–Crippen MR) is 130 cm³/mol. The van der Waals surface area contributed by atoms with E-state index in [1.165, 1.54) is 37.7 Å². The highest BCUT2D eigenvalue weighted by molar-refractivity contribution is 6.30. The van der Waals surface area contributed by atoms with Crippen LogP contribution in [0.5, 0.6) is 5.75 Å². The van der Waals surface area contributed by atoms with Gasteiger partial charge in [-0.3, -0.25) is 15.1 Å². The number of pyridine rings is 1. The molecule has 35 heavy (non-hydrogen) atoms. The van der Waals surface area contributed by atoms with Gasteiger partial charge in [-0.25, -0.2) is 14.4 Å². The fourth-order valence-corrected chi connectivity index (χ4v) is 4.01. The van der Waals surface area contributed by atoms with Crippen LogP contribution in [0.2, 0.25) is 5.02 Å². The van der Waals surface area contributed by atoms with Gasteiger partial charge in [0.1, 0.15) is 12.0 Å². The number of carbonyl (C=O) groups is 1. The summed E-state index contributed by atoms with van der Waals surface area (Å²) in [6.07, 6.45) is 5.74. The molecule has 0 aliphatic carbocycles. The van der Waals surface area contributed by atoms with Gasteiger partial charge in [-0.1, -0.05) is 11.6 Å². The van der Waals surface area contributed by atoms with Gasteiger partial charge in [0.25, 0.3) is 0 Å². The SMILES string of the molecule is COc1cnc(-c2cc(Cl)ccc2F)nc1Nc1ccncc1C(O)NCCCN1CCCC1=O. The minimum absolute atomic E-state index is 0.124. The number of anilines is 2. The second-order valence-electron chi connectivity index (χ2n) is 8.02. The van der Waals surface area contributed by atoms with E-state index >= 15 is 0 Å². The molecule has 184 valence electrons. The number of carbonyl (C=O) groups excluding carboxylic acids is 1. The molecule has 1 aliphatic heterocycles. The lowest BCUT2D eigenvalue weighted by Gasteiger charge is -2.19. The first kappa shape index (κ1) is 24.8. The second kappa shape index (κ2) is 11.4. The molecule has 9 nitrogen and oxygen atoms in total. The lowest BCUT2D eigenvalue weighted by molar-refractivity contribution is -0.127. The number of halogens is 2. The molecule has 3 heterocycles. The van der Waals surface area contributed by atoms with E-state index in [1.54, 1.807) is 12.3 Å². The molecule has 1 aromatic carbocycles. The highest BCUT2D eigenvalue weighted by Crippen LogP contribution is 2.31. The van der Waals surface area contributed by atoms with Crippen molar-refractivity contribution in [1.29, 1.82) is 0 Å². The number of benzene rings is 1. The molecule has 1 fully saturated rings. The summed E-state index contributed by atoms with van der Waals surface area (Å²) in [7, 11) is 1.47. The van der Waals surface area contributed by atoms with Gasteiger partial charge in [-0.05, 0) is 43.7 Å². The van der Waals surface area contributed by atoms with Gasteiger partial charge in [0.2, 0.25) is 5.91 Å². The van der Waals surface area contributed by atoms with Crippen molar-refractivity contribution in [3.63, 3.8) is 0 Å². The molecule has 11 heteroatoms. The van der Waals surface area contributed by atoms with Crippen molar-refractivity contribution >= 4 is 29.0 Å². The van der Waals surface area contributed by atoms with Crippen molar-refractivity contribution in [2.75, 3.05) is 32.1 Å². The van der Waals surface area contributed by atoms with Gasteiger partial charge < -0.3 is 20.1 Å². The molecule has 0 radical (unpaired) electrons. The number of hydrogen-bond donors (Lipinski definition) is 3. The van der Waals surface area contributed by atoms with E-state index in [0.717, 1.165) is 13.0 Å². The number of ether oxygens (including phenoxy) is 1.